The molecule has 4 nitrogen and oxygen atoms in total. The van der Waals surface area contributed by atoms with Crippen molar-refractivity contribution in [3.63, 3.8) is 0 Å². The van der Waals surface area contributed by atoms with Gasteiger partial charge in [0.1, 0.15) is 5.82 Å². The van der Waals surface area contributed by atoms with Crippen LogP contribution >= 0.6 is 0 Å². The smallest absolute Gasteiger partial charge is 0.127 e. The lowest BCUT2D eigenvalue weighted by Gasteiger charge is -2.44. The average Bonchev–Trinajstić information content (AvgIpc) is 2.87. The number of nitrogens with zero attached hydrogens (tertiary/aromatic N) is 3. The van der Waals surface area contributed by atoms with Crippen molar-refractivity contribution in [1.29, 1.82) is 0 Å². The molecule has 4 heteroatoms. The van der Waals surface area contributed by atoms with E-state index >= 15 is 0 Å². The molecule has 2 heterocycles. The Morgan fingerprint density at radius 1 is 1.32 bits per heavy atom. The molecule has 0 saturated carbocycles. The molecule has 1 fully saturated rings. The summed E-state index contributed by atoms with van der Waals surface area (Å²) in [6.45, 7) is 10.0. The Kier molecular flexibility index (Phi) is 4.63. The van der Waals surface area contributed by atoms with Crippen LogP contribution in [-0.4, -0.2) is 33.1 Å². The van der Waals surface area contributed by atoms with E-state index in [9.17, 15) is 0 Å². The molecule has 1 atom stereocenters. The zero-order valence-corrected chi connectivity index (χ0v) is 12.6. The summed E-state index contributed by atoms with van der Waals surface area (Å²) in [5.41, 5.74) is 6.52. The molecule has 0 aliphatic carbocycles. The molecule has 1 unspecified atom stereocenters. The SMILES string of the molecule is CCCn1ccnc1C(N)C(C)(C)N1CCCCC1. The Labute approximate surface area is 117 Å². The number of likely N-dealkylation sites (tertiary alicyclic amines) is 1. The van der Waals surface area contributed by atoms with E-state index in [-0.39, 0.29) is 11.6 Å². The first kappa shape index (κ1) is 14.5. The van der Waals surface area contributed by atoms with Gasteiger partial charge < -0.3 is 10.3 Å². The van der Waals surface area contributed by atoms with Gasteiger partial charge >= 0.3 is 0 Å². The van der Waals surface area contributed by atoms with Crippen molar-refractivity contribution < 1.29 is 0 Å². The van der Waals surface area contributed by atoms with E-state index < -0.39 is 0 Å². The Bertz CT molecular complexity index is 391. The number of hydrogen-bond acceptors (Lipinski definition) is 3. The van der Waals surface area contributed by atoms with Gasteiger partial charge in [-0.3, -0.25) is 4.90 Å². The first-order valence-electron chi connectivity index (χ1n) is 7.59. The van der Waals surface area contributed by atoms with Gasteiger partial charge in [-0.2, -0.15) is 0 Å². The maximum absolute atomic E-state index is 6.55. The fourth-order valence-corrected chi connectivity index (χ4v) is 3.01. The molecule has 1 aromatic heterocycles. The number of rotatable bonds is 5. The van der Waals surface area contributed by atoms with Crippen LogP contribution in [0.3, 0.4) is 0 Å². The van der Waals surface area contributed by atoms with Gasteiger partial charge in [0.15, 0.2) is 0 Å². The van der Waals surface area contributed by atoms with E-state index in [1.165, 1.54) is 19.3 Å². The largest absolute Gasteiger partial charge is 0.334 e. The highest BCUT2D eigenvalue weighted by molar-refractivity contribution is 5.07. The number of aryl methyl sites for hydroxylation is 1. The highest BCUT2D eigenvalue weighted by atomic mass is 15.2. The molecular weight excluding hydrogens is 236 g/mol. The molecule has 2 N–H and O–H groups in total. The van der Waals surface area contributed by atoms with Gasteiger partial charge in [-0.1, -0.05) is 13.3 Å². The maximum atomic E-state index is 6.55. The Hall–Kier alpha value is -0.870. The van der Waals surface area contributed by atoms with Crippen molar-refractivity contribution >= 4 is 0 Å². The summed E-state index contributed by atoms with van der Waals surface area (Å²) < 4.78 is 2.20. The quantitative estimate of drug-likeness (QED) is 0.889. The minimum absolute atomic E-state index is 0.0305. The number of nitrogens with two attached hydrogens (primary N) is 1. The van der Waals surface area contributed by atoms with Gasteiger partial charge in [-0.25, -0.2) is 4.98 Å². The average molecular weight is 264 g/mol. The van der Waals surface area contributed by atoms with Crippen LogP contribution in [0.25, 0.3) is 0 Å². The Balaban J connectivity index is 2.16. The summed E-state index contributed by atoms with van der Waals surface area (Å²) in [5, 5.41) is 0. The summed E-state index contributed by atoms with van der Waals surface area (Å²) >= 11 is 0. The second-order valence-electron chi connectivity index (χ2n) is 6.16. The molecule has 0 radical (unpaired) electrons. The summed E-state index contributed by atoms with van der Waals surface area (Å²) in [6.07, 6.45) is 8.97. The summed E-state index contributed by atoms with van der Waals surface area (Å²) in [5.74, 6) is 1.03. The predicted molar refractivity (Wildman–Crippen MR) is 78.9 cm³/mol. The molecule has 1 aliphatic heterocycles. The van der Waals surface area contributed by atoms with Crippen LogP contribution in [0.4, 0.5) is 0 Å². The standard InChI is InChI=1S/C15H28N4/c1-4-9-18-12-8-17-14(18)13(16)15(2,3)19-10-6-5-7-11-19/h8,12-13H,4-7,9-11,16H2,1-3H3. The molecule has 0 amide bonds. The molecule has 1 saturated heterocycles. The number of imidazole rings is 1. The van der Waals surface area contributed by atoms with E-state index in [2.05, 4.69) is 35.2 Å². The van der Waals surface area contributed by atoms with Crippen molar-refractivity contribution in [2.24, 2.45) is 5.73 Å². The van der Waals surface area contributed by atoms with Gasteiger partial charge in [0.25, 0.3) is 0 Å². The van der Waals surface area contributed by atoms with Crippen LogP contribution in [0.5, 0.6) is 0 Å². The predicted octanol–water partition coefficient (Wildman–Crippen LogP) is 2.56. The third kappa shape index (κ3) is 3.00. The van der Waals surface area contributed by atoms with Gasteiger partial charge in [0, 0.05) is 24.5 Å². The molecule has 0 aromatic carbocycles. The van der Waals surface area contributed by atoms with Crippen LogP contribution in [0, 0.1) is 0 Å². The summed E-state index contributed by atoms with van der Waals surface area (Å²) in [6, 6.07) is -0.0350. The summed E-state index contributed by atoms with van der Waals surface area (Å²) in [7, 11) is 0. The highest BCUT2D eigenvalue weighted by Crippen LogP contribution is 2.30. The van der Waals surface area contributed by atoms with Crippen molar-refractivity contribution in [2.45, 2.75) is 64.6 Å². The normalized spacial score (nSPS) is 19.6. The van der Waals surface area contributed by atoms with Crippen LogP contribution in [0.1, 0.15) is 58.3 Å². The minimum Gasteiger partial charge on any atom is -0.334 e. The van der Waals surface area contributed by atoms with E-state index in [1.54, 1.807) is 0 Å². The highest BCUT2D eigenvalue weighted by Gasteiger charge is 2.36. The minimum atomic E-state index is -0.0350. The molecule has 1 aromatic rings. The lowest BCUT2D eigenvalue weighted by molar-refractivity contribution is 0.0695. The monoisotopic (exact) mass is 264 g/mol. The zero-order chi connectivity index (χ0) is 13.9. The molecule has 0 bridgehead atoms. The van der Waals surface area contributed by atoms with Gasteiger partial charge in [0.05, 0.1) is 6.04 Å². The van der Waals surface area contributed by atoms with E-state index in [4.69, 9.17) is 5.73 Å². The van der Waals surface area contributed by atoms with E-state index in [0.717, 1.165) is 31.9 Å². The van der Waals surface area contributed by atoms with Crippen molar-refractivity contribution in [2.75, 3.05) is 13.1 Å². The molecule has 2 rings (SSSR count). The Morgan fingerprint density at radius 3 is 2.63 bits per heavy atom. The van der Waals surface area contributed by atoms with E-state index in [1.807, 2.05) is 12.4 Å². The van der Waals surface area contributed by atoms with Crippen molar-refractivity contribution in [3.05, 3.63) is 18.2 Å². The third-order valence-corrected chi connectivity index (χ3v) is 4.42. The number of hydrogen-bond donors (Lipinski definition) is 1. The van der Waals surface area contributed by atoms with Gasteiger partial charge in [-0.05, 0) is 46.2 Å². The van der Waals surface area contributed by atoms with E-state index in [0.29, 0.717) is 0 Å². The lowest BCUT2D eigenvalue weighted by Crippen LogP contribution is -2.53. The number of piperidine rings is 1. The van der Waals surface area contributed by atoms with Gasteiger partial charge in [0.2, 0.25) is 0 Å². The fraction of sp³-hybridized carbons (Fsp3) is 0.800. The second kappa shape index (κ2) is 6.06. The second-order valence-corrected chi connectivity index (χ2v) is 6.16. The van der Waals surface area contributed by atoms with Crippen LogP contribution in [-0.2, 0) is 6.54 Å². The third-order valence-electron chi connectivity index (χ3n) is 4.42. The molecule has 1 aliphatic rings. The summed E-state index contributed by atoms with van der Waals surface area (Å²) in [4.78, 5) is 7.04. The molecule has 0 spiro atoms. The molecular formula is C15H28N4. The topological polar surface area (TPSA) is 47.1 Å². The van der Waals surface area contributed by atoms with Crippen LogP contribution in [0.15, 0.2) is 12.4 Å². The van der Waals surface area contributed by atoms with Crippen molar-refractivity contribution in [3.8, 4) is 0 Å². The zero-order valence-electron chi connectivity index (χ0n) is 12.6. The van der Waals surface area contributed by atoms with Crippen molar-refractivity contribution in [1.82, 2.24) is 14.5 Å². The molecule has 19 heavy (non-hydrogen) atoms. The molecule has 108 valence electrons. The number of aromatic nitrogens is 2. The van der Waals surface area contributed by atoms with Gasteiger partial charge in [-0.15, -0.1) is 0 Å². The lowest BCUT2D eigenvalue weighted by atomic mass is 9.90. The maximum Gasteiger partial charge on any atom is 0.127 e. The van der Waals surface area contributed by atoms with Crippen LogP contribution in [0.2, 0.25) is 0 Å². The van der Waals surface area contributed by atoms with Crippen LogP contribution < -0.4 is 5.73 Å². The fourth-order valence-electron chi connectivity index (χ4n) is 3.01. The Morgan fingerprint density at radius 2 is 2.00 bits per heavy atom. The first-order chi connectivity index (χ1) is 9.07. The first-order valence-corrected chi connectivity index (χ1v) is 7.59.